The molecule has 0 radical (unpaired) electrons. The van der Waals surface area contributed by atoms with Crippen LogP contribution in [0.2, 0.25) is 0 Å². The van der Waals surface area contributed by atoms with Gasteiger partial charge in [0, 0.05) is 19.1 Å². The van der Waals surface area contributed by atoms with Gasteiger partial charge in [-0.15, -0.1) is 0 Å². The van der Waals surface area contributed by atoms with Crippen LogP contribution in [-0.2, 0) is 10.0 Å². The summed E-state index contributed by atoms with van der Waals surface area (Å²) in [5.41, 5.74) is 0. The molecule has 0 spiro atoms. The van der Waals surface area contributed by atoms with E-state index in [0.29, 0.717) is 19.1 Å². The second kappa shape index (κ2) is 6.71. The molecule has 0 aromatic rings. The van der Waals surface area contributed by atoms with Crippen LogP contribution >= 0.6 is 0 Å². The highest BCUT2D eigenvalue weighted by molar-refractivity contribution is 7.88. The van der Waals surface area contributed by atoms with E-state index in [1.54, 1.807) is 0 Å². The van der Waals surface area contributed by atoms with Crippen LogP contribution in [0.1, 0.15) is 39.5 Å². The Kier molecular flexibility index (Phi) is 5.89. The highest BCUT2D eigenvalue weighted by atomic mass is 32.2. The van der Waals surface area contributed by atoms with Crippen molar-refractivity contribution >= 4 is 10.0 Å². The number of rotatable bonds is 7. The molecule has 1 fully saturated rings. The minimum absolute atomic E-state index is 0.569. The summed E-state index contributed by atoms with van der Waals surface area (Å²) in [5.74, 6) is 0.843. The zero-order valence-electron chi connectivity index (χ0n) is 11.3. The number of hydrogen-bond donors (Lipinski definition) is 1. The third-order valence-electron chi connectivity index (χ3n) is 3.53. The van der Waals surface area contributed by atoms with Crippen molar-refractivity contribution in [1.82, 2.24) is 9.62 Å². The molecule has 102 valence electrons. The molecule has 1 saturated carbocycles. The van der Waals surface area contributed by atoms with Crippen LogP contribution in [-0.4, -0.2) is 44.7 Å². The third-order valence-corrected chi connectivity index (χ3v) is 4.91. The van der Waals surface area contributed by atoms with Gasteiger partial charge < -0.3 is 5.32 Å². The van der Waals surface area contributed by atoms with Crippen molar-refractivity contribution in [3.8, 4) is 0 Å². The van der Waals surface area contributed by atoms with Crippen molar-refractivity contribution in [2.75, 3.05) is 25.9 Å². The van der Waals surface area contributed by atoms with Crippen LogP contribution in [0.5, 0.6) is 0 Å². The molecular weight excluding hydrogens is 236 g/mol. The summed E-state index contributed by atoms with van der Waals surface area (Å²) in [6.07, 6.45) is 6.03. The summed E-state index contributed by atoms with van der Waals surface area (Å²) in [4.78, 5) is 0. The van der Waals surface area contributed by atoms with Gasteiger partial charge in [-0.3, -0.25) is 0 Å². The van der Waals surface area contributed by atoms with Crippen LogP contribution in [0, 0.1) is 5.92 Å². The molecule has 1 rings (SSSR count). The molecule has 2 atom stereocenters. The largest absolute Gasteiger partial charge is 0.314 e. The Morgan fingerprint density at radius 3 is 2.53 bits per heavy atom. The second-order valence-electron chi connectivity index (χ2n) is 5.18. The monoisotopic (exact) mass is 262 g/mol. The van der Waals surface area contributed by atoms with Gasteiger partial charge in [-0.05, 0) is 38.1 Å². The van der Waals surface area contributed by atoms with Gasteiger partial charge in [0.1, 0.15) is 0 Å². The molecule has 2 unspecified atom stereocenters. The van der Waals surface area contributed by atoms with Crippen LogP contribution in [0.25, 0.3) is 0 Å². The van der Waals surface area contributed by atoms with Crippen LogP contribution in [0.3, 0.4) is 0 Å². The summed E-state index contributed by atoms with van der Waals surface area (Å²) in [6.45, 7) is 6.30. The summed E-state index contributed by atoms with van der Waals surface area (Å²) in [5, 5.41) is 3.52. The Bertz CT molecular complexity index is 316. The normalized spacial score (nSPS) is 25.6. The van der Waals surface area contributed by atoms with Crippen LogP contribution in [0.15, 0.2) is 0 Å². The van der Waals surface area contributed by atoms with Gasteiger partial charge >= 0.3 is 0 Å². The minimum Gasteiger partial charge on any atom is -0.314 e. The zero-order chi connectivity index (χ0) is 12.9. The number of hydrogen-bond acceptors (Lipinski definition) is 3. The van der Waals surface area contributed by atoms with Crippen molar-refractivity contribution in [2.24, 2.45) is 5.92 Å². The first kappa shape index (κ1) is 14.9. The van der Waals surface area contributed by atoms with E-state index < -0.39 is 10.0 Å². The predicted octanol–water partition coefficient (Wildman–Crippen LogP) is 1.44. The molecule has 0 heterocycles. The molecule has 4 nitrogen and oxygen atoms in total. The highest BCUT2D eigenvalue weighted by Crippen LogP contribution is 2.24. The van der Waals surface area contributed by atoms with E-state index in [2.05, 4.69) is 12.2 Å². The summed E-state index contributed by atoms with van der Waals surface area (Å²) in [6, 6.07) is 0.651. The fourth-order valence-corrected chi connectivity index (χ4v) is 3.44. The molecule has 0 saturated heterocycles. The van der Waals surface area contributed by atoms with Crippen LogP contribution in [0.4, 0.5) is 0 Å². The molecule has 0 bridgehead atoms. The fourth-order valence-electron chi connectivity index (χ4n) is 2.51. The Morgan fingerprint density at radius 2 is 2.06 bits per heavy atom. The lowest BCUT2D eigenvalue weighted by atomic mass is 10.1. The maximum absolute atomic E-state index is 11.4. The molecule has 17 heavy (non-hydrogen) atoms. The van der Waals surface area contributed by atoms with E-state index in [4.69, 9.17) is 0 Å². The summed E-state index contributed by atoms with van der Waals surface area (Å²) < 4.78 is 24.3. The summed E-state index contributed by atoms with van der Waals surface area (Å²) in [7, 11) is -3.02. The lowest BCUT2D eigenvalue weighted by molar-refractivity contribution is 0.408. The second-order valence-corrected chi connectivity index (χ2v) is 7.16. The van der Waals surface area contributed by atoms with E-state index in [1.807, 2.05) is 6.92 Å². The molecule has 1 N–H and O–H groups in total. The topological polar surface area (TPSA) is 49.4 Å². The molecule has 0 aromatic carbocycles. The van der Waals surface area contributed by atoms with Crippen molar-refractivity contribution < 1.29 is 8.42 Å². The number of nitrogens with one attached hydrogen (secondary N) is 1. The average Bonchev–Trinajstić information content (AvgIpc) is 2.62. The Labute approximate surface area is 106 Å². The zero-order valence-corrected chi connectivity index (χ0v) is 12.1. The molecule has 0 amide bonds. The molecule has 1 aliphatic carbocycles. The number of sulfonamides is 1. The fraction of sp³-hybridized carbons (Fsp3) is 1.00. The van der Waals surface area contributed by atoms with Crippen LogP contribution < -0.4 is 5.32 Å². The lowest BCUT2D eigenvalue weighted by Crippen LogP contribution is -2.34. The van der Waals surface area contributed by atoms with Gasteiger partial charge in [0.15, 0.2) is 0 Å². The molecule has 5 heteroatoms. The molecule has 0 aliphatic heterocycles. The van der Waals surface area contributed by atoms with Gasteiger partial charge in [-0.2, -0.15) is 0 Å². The maximum Gasteiger partial charge on any atom is 0.211 e. The lowest BCUT2D eigenvalue weighted by Gasteiger charge is -2.18. The van der Waals surface area contributed by atoms with E-state index in [-0.39, 0.29) is 0 Å². The number of nitrogens with zero attached hydrogens (tertiary/aromatic N) is 1. The molecule has 0 aromatic heterocycles. The van der Waals surface area contributed by atoms with Gasteiger partial charge in [0.2, 0.25) is 10.0 Å². The Hall–Kier alpha value is -0.130. The van der Waals surface area contributed by atoms with Crippen molar-refractivity contribution in [3.63, 3.8) is 0 Å². The first-order valence-electron chi connectivity index (χ1n) is 6.62. The van der Waals surface area contributed by atoms with Gasteiger partial charge in [-0.25, -0.2) is 12.7 Å². The van der Waals surface area contributed by atoms with Gasteiger partial charge in [0.05, 0.1) is 6.26 Å². The van der Waals surface area contributed by atoms with Crippen molar-refractivity contribution in [3.05, 3.63) is 0 Å². The third kappa shape index (κ3) is 5.36. The smallest absolute Gasteiger partial charge is 0.211 e. The highest BCUT2D eigenvalue weighted by Gasteiger charge is 2.20. The Balaban J connectivity index is 2.15. The average molecular weight is 262 g/mol. The maximum atomic E-state index is 11.4. The predicted molar refractivity (Wildman–Crippen MR) is 71.5 cm³/mol. The van der Waals surface area contributed by atoms with Gasteiger partial charge in [0.25, 0.3) is 0 Å². The van der Waals surface area contributed by atoms with Crippen molar-refractivity contribution in [1.29, 1.82) is 0 Å². The SMILES string of the molecule is CCN(CCCNC1CCC(C)C1)S(C)(=O)=O. The summed E-state index contributed by atoms with van der Waals surface area (Å²) >= 11 is 0. The Morgan fingerprint density at radius 1 is 1.35 bits per heavy atom. The van der Waals surface area contributed by atoms with E-state index in [9.17, 15) is 8.42 Å². The first-order valence-corrected chi connectivity index (χ1v) is 8.46. The quantitative estimate of drug-likeness (QED) is 0.706. The van der Waals surface area contributed by atoms with Gasteiger partial charge in [-0.1, -0.05) is 13.8 Å². The molecular formula is C12H26N2O2S. The molecule has 1 aliphatic rings. The van der Waals surface area contributed by atoms with E-state index >= 15 is 0 Å². The minimum atomic E-state index is -3.02. The van der Waals surface area contributed by atoms with Crippen molar-refractivity contribution in [2.45, 2.75) is 45.6 Å². The first-order chi connectivity index (χ1) is 7.93. The van der Waals surface area contributed by atoms with E-state index in [1.165, 1.54) is 29.8 Å². The van der Waals surface area contributed by atoms with E-state index in [0.717, 1.165) is 18.9 Å². The standard InChI is InChI=1S/C12H26N2O2S/c1-4-14(17(3,15)16)9-5-8-13-12-7-6-11(2)10-12/h11-13H,4-10H2,1-3H3.